The van der Waals surface area contributed by atoms with Crippen LogP contribution in [0.4, 0.5) is 5.69 Å². The Bertz CT molecular complexity index is 477. The maximum atomic E-state index is 12.1. The summed E-state index contributed by atoms with van der Waals surface area (Å²) in [6.07, 6.45) is 0.813. The number of anilines is 1. The number of ether oxygens (including phenoxy) is 1. The van der Waals surface area contributed by atoms with Gasteiger partial charge in [-0.25, -0.2) is 0 Å². The summed E-state index contributed by atoms with van der Waals surface area (Å²) < 4.78 is 4.53. The highest BCUT2D eigenvalue weighted by Crippen LogP contribution is 2.24. The lowest BCUT2D eigenvalue weighted by molar-refractivity contribution is -0.140. The lowest BCUT2D eigenvalue weighted by atomic mass is 10.1. The number of hydrogen-bond donors (Lipinski definition) is 1. The predicted molar refractivity (Wildman–Crippen MR) is 74.1 cm³/mol. The molecule has 0 radical (unpaired) electrons. The molecule has 1 aromatic rings. The highest BCUT2D eigenvalue weighted by molar-refractivity contribution is 6.36. The predicted octanol–water partition coefficient (Wildman–Crippen LogP) is 1.95. The summed E-state index contributed by atoms with van der Waals surface area (Å²) in [6.45, 7) is 0.444. The number of halogens is 1. The molecule has 5 nitrogen and oxygen atoms in total. The molecule has 0 saturated carbocycles. The number of carbonyl (C=O) groups is 2. The van der Waals surface area contributed by atoms with Crippen LogP contribution in [0.15, 0.2) is 18.2 Å². The Balaban J connectivity index is 2.62. The fourth-order valence-corrected chi connectivity index (χ4v) is 1.79. The maximum Gasteiger partial charge on any atom is 0.305 e. The zero-order valence-electron chi connectivity index (χ0n) is 11.0. The number of methoxy groups -OCH3 is 1. The van der Waals surface area contributed by atoms with Gasteiger partial charge < -0.3 is 15.4 Å². The van der Waals surface area contributed by atoms with Gasteiger partial charge in [-0.05, 0) is 18.6 Å². The summed E-state index contributed by atoms with van der Waals surface area (Å²) in [4.78, 5) is 24.6. The Kier molecular flexibility index (Phi) is 5.63. The first-order valence-corrected chi connectivity index (χ1v) is 6.21. The summed E-state index contributed by atoms with van der Waals surface area (Å²) in [5.74, 6) is -0.509. The molecule has 1 rings (SSSR count). The molecular formula is C13H17ClN2O3. The van der Waals surface area contributed by atoms with Crippen LogP contribution >= 0.6 is 11.6 Å². The molecule has 19 heavy (non-hydrogen) atoms. The summed E-state index contributed by atoms with van der Waals surface area (Å²) >= 11 is 5.99. The van der Waals surface area contributed by atoms with Crippen molar-refractivity contribution >= 4 is 29.2 Å². The molecule has 0 saturated heterocycles. The van der Waals surface area contributed by atoms with Gasteiger partial charge in [0.25, 0.3) is 5.91 Å². The molecular weight excluding hydrogens is 268 g/mol. The van der Waals surface area contributed by atoms with Crippen molar-refractivity contribution in [2.45, 2.75) is 12.8 Å². The van der Waals surface area contributed by atoms with Gasteiger partial charge in [-0.2, -0.15) is 0 Å². The summed E-state index contributed by atoms with van der Waals surface area (Å²) in [6, 6.07) is 4.94. The number of esters is 1. The lowest BCUT2D eigenvalue weighted by Crippen LogP contribution is -2.28. The largest absolute Gasteiger partial charge is 0.469 e. The van der Waals surface area contributed by atoms with E-state index in [9.17, 15) is 9.59 Å². The number of carbonyl (C=O) groups excluding carboxylic acids is 2. The molecule has 1 aromatic carbocycles. The minimum Gasteiger partial charge on any atom is -0.469 e. The van der Waals surface area contributed by atoms with Crippen molar-refractivity contribution < 1.29 is 14.3 Å². The van der Waals surface area contributed by atoms with E-state index in [0.29, 0.717) is 24.2 Å². The molecule has 0 aliphatic rings. The quantitative estimate of drug-likeness (QED) is 0.662. The van der Waals surface area contributed by atoms with Gasteiger partial charge in [0.05, 0.1) is 23.4 Å². The molecule has 0 aliphatic heterocycles. The van der Waals surface area contributed by atoms with E-state index in [1.165, 1.54) is 12.0 Å². The Labute approximate surface area is 117 Å². The van der Waals surface area contributed by atoms with Crippen LogP contribution in [0.5, 0.6) is 0 Å². The summed E-state index contributed by atoms with van der Waals surface area (Å²) in [5.41, 5.74) is 6.39. The molecule has 0 spiro atoms. The van der Waals surface area contributed by atoms with Crippen molar-refractivity contribution in [2.75, 3.05) is 26.4 Å². The third kappa shape index (κ3) is 4.13. The number of amides is 1. The zero-order chi connectivity index (χ0) is 14.4. The van der Waals surface area contributed by atoms with Crippen LogP contribution in [0.3, 0.4) is 0 Å². The van der Waals surface area contributed by atoms with Gasteiger partial charge in [0.2, 0.25) is 0 Å². The molecule has 1 amide bonds. The normalized spacial score (nSPS) is 10.1. The van der Waals surface area contributed by atoms with E-state index in [1.807, 2.05) is 0 Å². The zero-order valence-corrected chi connectivity index (χ0v) is 11.7. The van der Waals surface area contributed by atoms with Crippen molar-refractivity contribution in [1.29, 1.82) is 0 Å². The van der Waals surface area contributed by atoms with Crippen LogP contribution < -0.4 is 5.73 Å². The number of nitrogens with zero attached hydrogens (tertiary/aromatic N) is 1. The highest BCUT2D eigenvalue weighted by atomic mass is 35.5. The summed E-state index contributed by atoms with van der Waals surface area (Å²) in [5, 5.41) is 0.257. The topological polar surface area (TPSA) is 72.6 Å². The van der Waals surface area contributed by atoms with Crippen LogP contribution in [0.2, 0.25) is 5.02 Å². The van der Waals surface area contributed by atoms with E-state index >= 15 is 0 Å². The van der Waals surface area contributed by atoms with Crippen molar-refractivity contribution in [1.82, 2.24) is 4.90 Å². The Morgan fingerprint density at radius 2 is 2.11 bits per heavy atom. The fourth-order valence-electron chi connectivity index (χ4n) is 1.58. The molecule has 0 heterocycles. The van der Waals surface area contributed by atoms with Crippen LogP contribution in [0.1, 0.15) is 23.2 Å². The molecule has 0 aromatic heterocycles. The smallest absolute Gasteiger partial charge is 0.305 e. The van der Waals surface area contributed by atoms with Crippen molar-refractivity contribution in [3.63, 3.8) is 0 Å². The number of rotatable bonds is 5. The fraction of sp³-hybridized carbons (Fsp3) is 0.385. The molecule has 0 aliphatic carbocycles. The third-order valence-corrected chi connectivity index (χ3v) is 3.13. The molecule has 0 unspecified atom stereocenters. The van der Waals surface area contributed by atoms with E-state index < -0.39 is 0 Å². The number of benzene rings is 1. The molecule has 2 N–H and O–H groups in total. The van der Waals surface area contributed by atoms with Crippen LogP contribution in [-0.4, -0.2) is 37.5 Å². The maximum absolute atomic E-state index is 12.1. The highest BCUT2D eigenvalue weighted by Gasteiger charge is 2.16. The second kappa shape index (κ2) is 6.99. The Hall–Kier alpha value is -1.75. The average molecular weight is 285 g/mol. The summed E-state index contributed by atoms with van der Waals surface area (Å²) in [7, 11) is 2.99. The molecule has 0 bridgehead atoms. The van der Waals surface area contributed by atoms with E-state index in [-0.39, 0.29) is 23.3 Å². The van der Waals surface area contributed by atoms with Gasteiger partial charge in [0, 0.05) is 20.0 Å². The van der Waals surface area contributed by atoms with E-state index in [1.54, 1.807) is 25.2 Å². The number of nitrogens with two attached hydrogens (primary N) is 1. The lowest BCUT2D eigenvalue weighted by Gasteiger charge is -2.18. The van der Waals surface area contributed by atoms with Gasteiger partial charge >= 0.3 is 5.97 Å². The minimum atomic E-state index is -0.289. The first-order valence-electron chi connectivity index (χ1n) is 5.83. The third-order valence-electron chi connectivity index (χ3n) is 2.71. The van der Waals surface area contributed by atoms with Crippen LogP contribution in [-0.2, 0) is 9.53 Å². The molecule has 0 fully saturated rings. The Morgan fingerprint density at radius 1 is 1.42 bits per heavy atom. The Morgan fingerprint density at radius 3 is 2.74 bits per heavy atom. The monoisotopic (exact) mass is 284 g/mol. The first-order chi connectivity index (χ1) is 8.97. The SMILES string of the molecule is COC(=O)CCCN(C)C(=O)c1cccc(N)c1Cl. The van der Waals surface area contributed by atoms with Gasteiger partial charge in [-0.3, -0.25) is 9.59 Å². The molecule has 104 valence electrons. The van der Waals surface area contributed by atoms with E-state index in [2.05, 4.69) is 4.74 Å². The second-order valence-electron chi connectivity index (χ2n) is 4.12. The van der Waals surface area contributed by atoms with Gasteiger partial charge in [0.1, 0.15) is 0 Å². The first kappa shape index (κ1) is 15.3. The van der Waals surface area contributed by atoms with Gasteiger partial charge in [0.15, 0.2) is 0 Å². The van der Waals surface area contributed by atoms with E-state index in [4.69, 9.17) is 17.3 Å². The van der Waals surface area contributed by atoms with Gasteiger partial charge in [-0.15, -0.1) is 0 Å². The second-order valence-corrected chi connectivity index (χ2v) is 4.49. The van der Waals surface area contributed by atoms with Gasteiger partial charge in [-0.1, -0.05) is 17.7 Å². The van der Waals surface area contributed by atoms with E-state index in [0.717, 1.165) is 0 Å². The minimum absolute atomic E-state index is 0.220. The standard InChI is InChI=1S/C13H17ClN2O3/c1-16(8-4-7-11(17)19-2)13(18)9-5-3-6-10(15)12(9)14/h3,5-6H,4,7-8,15H2,1-2H3. The molecule has 0 atom stereocenters. The number of nitrogen functional groups attached to an aromatic ring is 1. The van der Waals surface area contributed by atoms with Crippen LogP contribution in [0.25, 0.3) is 0 Å². The van der Waals surface area contributed by atoms with Crippen LogP contribution in [0, 0.1) is 0 Å². The molecule has 6 heteroatoms. The van der Waals surface area contributed by atoms with Crippen molar-refractivity contribution in [3.05, 3.63) is 28.8 Å². The van der Waals surface area contributed by atoms with Crippen molar-refractivity contribution in [2.24, 2.45) is 0 Å². The van der Waals surface area contributed by atoms with Crippen molar-refractivity contribution in [3.8, 4) is 0 Å². The average Bonchev–Trinajstić information content (AvgIpc) is 2.40. The number of hydrogen-bond acceptors (Lipinski definition) is 4.